The fourth-order valence-corrected chi connectivity index (χ4v) is 2.17. The molecule has 1 heterocycles. The second-order valence-corrected chi connectivity index (χ2v) is 5.24. The number of aromatic nitrogens is 1. The first-order valence-corrected chi connectivity index (χ1v) is 6.90. The molecule has 0 radical (unpaired) electrons. The van der Waals surface area contributed by atoms with Crippen LogP contribution < -0.4 is 4.74 Å². The fourth-order valence-electron chi connectivity index (χ4n) is 2.17. The molecule has 1 unspecified atom stereocenters. The Hall–Kier alpha value is -2.20. The summed E-state index contributed by atoms with van der Waals surface area (Å²) < 4.78 is 5.73. The molecule has 0 aliphatic heterocycles. The van der Waals surface area contributed by atoms with Crippen molar-refractivity contribution < 1.29 is 9.53 Å². The van der Waals surface area contributed by atoms with Gasteiger partial charge in [-0.15, -0.1) is 0 Å². The number of hydrogen-bond donors (Lipinski definition) is 0. The molecule has 1 atom stereocenters. The number of ether oxygens (including phenoxy) is 1. The summed E-state index contributed by atoms with van der Waals surface area (Å²) in [6, 6.07) is 11.6. The number of nitrogens with zero attached hydrogens (tertiary/aromatic N) is 2. The summed E-state index contributed by atoms with van der Waals surface area (Å²) in [5.74, 6) is 1.71. The van der Waals surface area contributed by atoms with E-state index >= 15 is 0 Å². The smallest absolute Gasteiger partial charge is 0.131 e. The molecule has 0 fully saturated rings. The van der Waals surface area contributed by atoms with Crippen molar-refractivity contribution in [1.82, 2.24) is 9.88 Å². The van der Waals surface area contributed by atoms with Gasteiger partial charge in [0.25, 0.3) is 0 Å². The van der Waals surface area contributed by atoms with Crippen LogP contribution >= 0.6 is 0 Å². The van der Waals surface area contributed by atoms with Crippen LogP contribution in [0.15, 0.2) is 48.8 Å². The van der Waals surface area contributed by atoms with Crippen LogP contribution in [0.5, 0.6) is 11.5 Å². The van der Waals surface area contributed by atoms with Gasteiger partial charge in [-0.2, -0.15) is 0 Å². The molecule has 21 heavy (non-hydrogen) atoms. The predicted octanol–water partition coefficient (Wildman–Crippen LogP) is 3.46. The molecular formula is C17H20N2O2. The van der Waals surface area contributed by atoms with Gasteiger partial charge in [-0.1, -0.05) is 12.1 Å². The number of carbonyl (C=O) groups is 1. The Morgan fingerprint density at radius 1 is 1.10 bits per heavy atom. The number of ketones is 1. The van der Waals surface area contributed by atoms with Gasteiger partial charge in [0, 0.05) is 24.9 Å². The molecule has 0 bridgehead atoms. The van der Waals surface area contributed by atoms with Crippen LogP contribution in [-0.4, -0.2) is 29.8 Å². The minimum Gasteiger partial charge on any atom is -0.457 e. The van der Waals surface area contributed by atoms with Crippen molar-refractivity contribution in [1.29, 1.82) is 0 Å². The van der Waals surface area contributed by atoms with Crippen molar-refractivity contribution >= 4 is 5.78 Å². The summed E-state index contributed by atoms with van der Waals surface area (Å²) in [4.78, 5) is 17.4. The highest BCUT2D eigenvalue weighted by Gasteiger charge is 2.16. The highest BCUT2D eigenvalue weighted by molar-refractivity contribution is 5.76. The van der Waals surface area contributed by atoms with E-state index in [1.54, 1.807) is 19.3 Å². The van der Waals surface area contributed by atoms with Crippen molar-refractivity contribution in [2.24, 2.45) is 0 Å². The van der Waals surface area contributed by atoms with Gasteiger partial charge in [0.1, 0.15) is 17.3 Å². The maximum absolute atomic E-state index is 11.4. The summed E-state index contributed by atoms with van der Waals surface area (Å²) in [6.07, 6.45) is 3.90. The van der Waals surface area contributed by atoms with Crippen molar-refractivity contribution in [2.75, 3.05) is 14.1 Å². The summed E-state index contributed by atoms with van der Waals surface area (Å²) in [7, 11) is 3.96. The maximum Gasteiger partial charge on any atom is 0.131 e. The Labute approximate surface area is 125 Å². The van der Waals surface area contributed by atoms with Crippen molar-refractivity contribution in [3.8, 4) is 11.5 Å². The van der Waals surface area contributed by atoms with Gasteiger partial charge in [-0.3, -0.25) is 9.78 Å². The Morgan fingerprint density at radius 2 is 1.67 bits per heavy atom. The van der Waals surface area contributed by atoms with Crippen LogP contribution in [0.1, 0.15) is 24.9 Å². The number of carbonyl (C=O) groups excluding carboxylic acids is 1. The van der Waals surface area contributed by atoms with Gasteiger partial charge in [-0.05, 0) is 50.8 Å². The number of hydrogen-bond acceptors (Lipinski definition) is 4. The van der Waals surface area contributed by atoms with E-state index in [-0.39, 0.29) is 11.8 Å². The average Bonchev–Trinajstić information content (AvgIpc) is 2.46. The van der Waals surface area contributed by atoms with E-state index in [1.807, 2.05) is 50.5 Å². The predicted molar refractivity (Wildman–Crippen MR) is 82.5 cm³/mol. The summed E-state index contributed by atoms with van der Waals surface area (Å²) >= 11 is 0. The van der Waals surface area contributed by atoms with Crippen molar-refractivity contribution in [2.45, 2.75) is 19.4 Å². The molecule has 1 aromatic heterocycles. The molecule has 4 heteroatoms. The third kappa shape index (κ3) is 4.39. The number of rotatable bonds is 6. The molecule has 1 aromatic carbocycles. The first-order chi connectivity index (χ1) is 10.1. The molecule has 0 amide bonds. The second-order valence-electron chi connectivity index (χ2n) is 5.24. The van der Waals surface area contributed by atoms with E-state index in [0.29, 0.717) is 6.42 Å². The molecule has 4 nitrogen and oxygen atoms in total. The Morgan fingerprint density at radius 3 is 2.19 bits per heavy atom. The largest absolute Gasteiger partial charge is 0.457 e. The Bertz CT molecular complexity index is 579. The Kier molecular flexibility index (Phi) is 5.06. The zero-order valence-electron chi connectivity index (χ0n) is 12.6. The monoisotopic (exact) mass is 284 g/mol. The quantitative estimate of drug-likeness (QED) is 0.814. The van der Waals surface area contributed by atoms with E-state index in [4.69, 9.17) is 4.74 Å². The molecule has 0 aliphatic carbocycles. The maximum atomic E-state index is 11.4. The third-order valence-electron chi connectivity index (χ3n) is 3.25. The molecule has 0 N–H and O–H groups in total. The van der Waals surface area contributed by atoms with Crippen LogP contribution in [0.2, 0.25) is 0 Å². The number of Topliss-reactive ketones (excluding diaryl/α,β-unsaturated/α-hetero) is 1. The van der Waals surface area contributed by atoms with E-state index in [2.05, 4.69) is 9.88 Å². The lowest BCUT2D eigenvalue weighted by Gasteiger charge is -2.23. The van der Waals surface area contributed by atoms with Gasteiger partial charge < -0.3 is 9.64 Å². The van der Waals surface area contributed by atoms with Gasteiger partial charge in [-0.25, -0.2) is 0 Å². The van der Waals surface area contributed by atoms with E-state index in [0.717, 1.165) is 17.1 Å². The van der Waals surface area contributed by atoms with E-state index in [1.165, 1.54) is 0 Å². The van der Waals surface area contributed by atoms with Gasteiger partial charge in [0.15, 0.2) is 0 Å². The summed E-state index contributed by atoms with van der Waals surface area (Å²) in [6.45, 7) is 1.62. The molecule has 0 saturated heterocycles. The first kappa shape index (κ1) is 15.2. The normalized spacial score (nSPS) is 12.2. The van der Waals surface area contributed by atoms with Crippen LogP contribution in [-0.2, 0) is 4.79 Å². The van der Waals surface area contributed by atoms with Gasteiger partial charge >= 0.3 is 0 Å². The molecule has 0 saturated carbocycles. The SMILES string of the molecule is CC(=O)CC(c1ccc(Oc2ccncc2)cc1)N(C)C. The minimum absolute atomic E-state index is 0.0949. The fraction of sp³-hybridized carbons (Fsp3) is 0.294. The van der Waals surface area contributed by atoms with Crippen LogP contribution in [0.3, 0.4) is 0 Å². The second kappa shape index (κ2) is 6.99. The van der Waals surface area contributed by atoms with Gasteiger partial charge in [0.2, 0.25) is 0 Å². The van der Waals surface area contributed by atoms with Crippen molar-refractivity contribution in [3.05, 3.63) is 54.4 Å². The van der Waals surface area contributed by atoms with E-state index in [9.17, 15) is 4.79 Å². The molecule has 110 valence electrons. The van der Waals surface area contributed by atoms with Crippen molar-refractivity contribution in [3.63, 3.8) is 0 Å². The Balaban J connectivity index is 2.12. The molecule has 0 aliphatic rings. The lowest BCUT2D eigenvalue weighted by atomic mass is 10.0. The topological polar surface area (TPSA) is 42.4 Å². The zero-order valence-corrected chi connectivity index (χ0v) is 12.6. The average molecular weight is 284 g/mol. The minimum atomic E-state index is 0.0949. The lowest BCUT2D eigenvalue weighted by molar-refractivity contribution is -0.118. The van der Waals surface area contributed by atoms with Crippen LogP contribution in [0.25, 0.3) is 0 Å². The van der Waals surface area contributed by atoms with E-state index < -0.39 is 0 Å². The van der Waals surface area contributed by atoms with Crippen LogP contribution in [0.4, 0.5) is 0 Å². The number of benzene rings is 1. The first-order valence-electron chi connectivity index (χ1n) is 6.90. The standard InChI is InChI=1S/C17H20N2O2/c1-13(20)12-17(19(2)3)14-4-6-15(7-5-14)21-16-8-10-18-11-9-16/h4-11,17H,12H2,1-3H3. The van der Waals surface area contributed by atoms with Gasteiger partial charge in [0.05, 0.1) is 0 Å². The number of pyridine rings is 1. The summed E-state index contributed by atoms with van der Waals surface area (Å²) in [5.41, 5.74) is 1.11. The molecule has 0 spiro atoms. The lowest BCUT2D eigenvalue weighted by Crippen LogP contribution is -2.22. The zero-order chi connectivity index (χ0) is 15.2. The highest BCUT2D eigenvalue weighted by atomic mass is 16.5. The molecule has 2 aromatic rings. The molecular weight excluding hydrogens is 264 g/mol. The third-order valence-corrected chi connectivity index (χ3v) is 3.25. The van der Waals surface area contributed by atoms with Crippen LogP contribution in [0, 0.1) is 0 Å². The summed E-state index contributed by atoms with van der Waals surface area (Å²) in [5, 5.41) is 0. The highest BCUT2D eigenvalue weighted by Crippen LogP contribution is 2.26. The molecule has 2 rings (SSSR count).